The Morgan fingerprint density at radius 3 is 2.90 bits per heavy atom. The largest absolute Gasteiger partial charge is 0.377 e. The number of rotatable bonds is 7. The van der Waals surface area contributed by atoms with Gasteiger partial charge in [-0.1, -0.05) is 19.9 Å². The highest BCUT2D eigenvalue weighted by molar-refractivity contribution is 5.11. The molecule has 0 aliphatic carbocycles. The summed E-state index contributed by atoms with van der Waals surface area (Å²) < 4.78 is 5.68. The summed E-state index contributed by atoms with van der Waals surface area (Å²) in [6.07, 6.45) is 2.80. The van der Waals surface area contributed by atoms with Crippen LogP contribution in [0.1, 0.15) is 38.1 Å². The number of hydrogen-bond donors (Lipinski definition) is 1. The maximum absolute atomic E-state index is 5.68. The van der Waals surface area contributed by atoms with Crippen molar-refractivity contribution in [3.05, 3.63) is 29.6 Å². The highest BCUT2D eigenvalue weighted by Crippen LogP contribution is 2.13. The highest BCUT2D eigenvalue weighted by atomic mass is 16.5. The molecule has 1 aromatic heterocycles. The molecule has 1 atom stereocenters. The number of nitrogens with zero attached hydrogens (tertiary/aromatic N) is 2. The molecule has 1 fully saturated rings. The Kier molecular flexibility index (Phi) is 5.95. The van der Waals surface area contributed by atoms with Gasteiger partial charge in [0.25, 0.3) is 0 Å². The zero-order chi connectivity index (χ0) is 14.4. The van der Waals surface area contributed by atoms with E-state index in [9.17, 15) is 0 Å². The fraction of sp³-hybridized carbons (Fsp3) is 0.688. The molecule has 1 aliphatic heterocycles. The van der Waals surface area contributed by atoms with Crippen molar-refractivity contribution in [2.75, 3.05) is 20.2 Å². The standard InChI is InChI=1S/C16H27N3O/c1-13(2)17-10-14-6-4-7-15(18-14)11-19(3)12-16-8-5-9-20-16/h4,6-7,13,16-17H,5,8-12H2,1-3H3. The summed E-state index contributed by atoms with van der Waals surface area (Å²) >= 11 is 0. The van der Waals surface area contributed by atoms with Gasteiger partial charge in [0.15, 0.2) is 0 Å². The molecule has 112 valence electrons. The Morgan fingerprint density at radius 2 is 2.20 bits per heavy atom. The van der Waals surface area contributed by atoms with Gasteiger partial charge in [0.1, 0.15) is 0 Å². The molecule has 0 radical (unpaired) electrons. The van der Waals surface area contributed by atoms with Crippen molar-refractivity contribution in [1.29, 1.82) is 0 Å². The van der Waals surface area contributed by atoms with Gasteiger partial charge in [0, 0.05) is 32.3 Å². The van der Waals surface area contributed by atoms with Crippen molar-refractivity contribution >= 4 is 0 Å². The zero-order valence-corrected chi connectivity index (χ0v) is 12.9. The van der Waals surface area contributed by atoms with Crippen molar-refractivity contribution in [3.63, 3.8) is 0 Å². The van der Waals surface area contributed by atoms with Gasteiger partial charge >= 0.3 is 0 Å². The van der Waals surface area contributed by atoms with Crippen LogP contribution < -0.4 is 5.32 Å². The second kappa shape index (κ2) is 7.72. The Balaban J connectivity index is 1.83. The number of likely N-dealkylation sites (N-methyl/N-ethyl adjacent to an activating group) is 1. The van der Waals surface area contributed by atoms with Crippen molar-refractivity contribution in [2.24, 2.45) is 0 Å². The van der Waals surface area contributed by atoms with Gasteiger partial charge in [-0.05, 0) is 32.0 Å². The van der Waals surface area contributed by atoms with Crippen LogP contribution >= 0.6 is 0 Å². The van der Waals surface area contributed by atoms with E-state index in [1.54, 1.807) is 0 Å². The average Bonchev–Trinajstić information content (AvgIpc) is 2.89. The van der Waals surface area contributed by atoms with Crippen LogP contribution in [-0.2, 0) is 17.8 Å². The Morgan fingerprint density at radius 1 is 1.40 bits per heavy atom. The summed E-state index contributed by atoms with van der Waals surface area (Å²) in [6, 6.07) is 6.77. The minimum Gasteiger partial charge on any atom is -0.377 e. The molecule has 0 bridgehead atoms. The van der Waals surface area contributed by atoms with Gasteiger partial charge in [0.05, 0.1) is 17.5 Å². The fourth-order valence-corrected chi connectivity index (χ4v) is 2.50. The summed E-state index contributed by atoms with van der Waals surface area (Å²) in [5, 5.41) is 3.40. The van der Waals surface area contributed by atoms with E-state index in [0.29, 0.717) is 12.1 Å². The highest BCUT2D eigenvalue weighted by Gasteiger charge is 2.17. The normalized spacial score (nSPS) is 19.1. The number of ether oxygens (including phenoxy) is 1. The minimum absolute atomic E-state index is 0.408. The minimum atomic E-state index is 0.408. The number of hydrogen-bond acceptors (Lipinski definition) is 4. The molecule has 4 nitrogen and oxygen atoms in total. The summed E-state index contributed by atoms with van der Waals surface area (Å²) in [6.45, 7) is 7.94. The van der Waals surface area contributed by atoms with Crippen LogP contribution in [0.25, 0.3) is 0 Å². The summed E-state index contributed by atoms with van der Waals surface area (Å²) in [4.78, 5) is 7.02. The summed E-state index contributed by atoms with van der Waals surface area (Å²) in [5.74, 6) is 0. The van der Waals surface area contributed by atoms with Crippen molar-refractivity contribution in [1.82, 2.24) is 15.2 Å². The monoisotopic (exact) mass is 277 g/mol. The molecule has 1 unspecified atom stereocenters. The lowest BCUT2D eigenvalue weighted by atomic mass is 10.2. The average molecular weight is 277 g/mol. The predicted octanol–water partition coefficient (Wildman–Crippen LogP) is 2.19. The molecular formula is C16H27N3O. The molecule has 20 heavy (non-hydrogen) atoms. The van der Waals surface area contributed by atoms with E-state index in [-0.39, 0.29) is 0 Å². The van der Waals surface area contributed by atoms with Crippen molar-refractivity contribution in [3.8, 4) is 0 Å². The van der Waals surface area contributed by atoms with Gasteiger partial charge in [-0.15, -0.1) is 0 Å². The molecule has 0 amide bonds. The Labute approximate surface area is 122 Å². The van der Waals surface area contributed by atoms with Gasteiger partial charge in [0.2, 0.25) is 0 Å². The van der Waals surface area contributed by atoms with Gasteiger partial charge in [-0.3, -0.25) is 9.88 Å². The quantitative estimate of drug-likeness (QED) is 0.829. The Bertz CT molecular complexity index is 402. The van der Waals surface area contributed by atoms with E-state index < -0.39 is 0 Å². The molecule has 2 rings (SSSR count). The topological polar surface area (TPSA) is 37.4 Å². The third-order valence-corrected chi connectivity index (χ3v) is 3.53. The SMILES string of the molecule is CC(C)NCc1cccc(CN(C)CC2CCCO2)n1. The lowest BCUT2D eigenvalue weighted by Gasteiger charge is -2.20. The smallest absolute Gasteiger partial charge is 0.0702 e. The molecular weight excluding hydrogens is 250 g/mol. The fourth-order valence-electron chi connectivity index (χ4n) is 2.50. The van der Waals surface area contributed by atoms with Crippen LogP contribution in [0.15, 0.2) is 18.2 Å². The molecule has 2 heterocycles. The molecule has 0 saturated carbocycles. The van der Waals surface area contributed by atoms with E-state index in [1.165, 1.54) is 12.8 Å². The maximum Gasteiger partial charge on any atom is 0.0702 e. The van der Waals surface area contributed by atoms with E-state index in [2.05, 4.69) is 49.3 Å². The lowest BCUT2D eigenvalue weighted by molar-refractivity contribution is 0.0790. The van der Waals surface area contributed by atoms with Crippen LogP contribution in [0, 0.1) is 0 Å². The third-order valence-electron chi connectivity index (χ3n) is 3.53. The summed E-state index contributed by atoms with van der Waals surface area (Å²) in [7, 11) is 2.14. The first-order chi connectivity index (χ1) is 9.63. The molecule has 0 spiro atoms. The number of pyridine rings is 1. The van der Waals surface area contributed by atoms with Crippen LogP contribution in [0.2, 0.25) is 0 Å². The second-order valence-electron chi connectivity index (χ2n) is 5.99. The van der Waals surface area contributed by atoms with Crippen LogP contribution in [0.4, 0.5) is 0 Å². The van der Waals surface area contributed by atoms with Crippen LogP contribution in [0.5, 0.6) is 0 Å². The van der Waals surface area contributed by atoms with E-state index in [1.807, 2.05) is 0 Å². The second-order valence-corrected chi connectivity index (χ2v) is 5.99. The molecule has 4 heteroatoms. The molecule has 1 N–H and O–H groups in total. The van der Waals surface area contributed by atoms with Crippen molar-refractivity contribution in [2.45, 2.75) is 51.9 Å². The Hall–Kier alpha value is -0.970. The van der Waals surface area contributed by atoms with Crippen LogP contribution in [0.3, 0.4) is 0 Å². The molecule has 1 aromatic rings. The first kappa shape index (κ1) is 15.4. The van der Waals surface area contributed by atoms with Crippen molar-refractivity contribution < 1.29 is 4.74 Å². The number of aromatic nitrogens is 1. The zero-order valence-electron chi connectivity index (χ0n) is 12.9. The summed E-state index contributed by atoms with van der Waals surface area (Å²) in [5.41, 5.74) is 2.25. The predicted molar refractivity (Wildman–Crippen MR) is 81.5 cm³/mol. The van der Waals surface area contributed by atoms with E-state index in [4.69, 9.17) is 9.72 Å². The first-order valence-corrected chi connectivity index (χ1v) is 7.62. The van der Waals surface area contributed by atoms with E-state index in [0.717, 1.165) is 37.6 Å². The maximum atomic E-state index is 5.68. The molecule has 1 saturated heterocycles. The molecule has 1 aliphatic rings. The van der Waals surface area contributed by atoms with Crippen LogP contribution in [-0.4, -0.2) is 42.2 Å². The first-order valence-electron chi connectivity index (χ1n) is 7.62. The number of nitrogens with one attached hydrogen (secondary N) is 1. The van der Waals surface area contributed by atoms with Gasteiger partial charge < -0.3 is 10.1 Å². The third kappa shape index (κ3) is 5.19. The lowest BCUT2D eigenvalue weighted by Crippen LogP contribution is -2.29. The van der Waals surface area contributed by atoms with E-state index >= 15 is 0 Å². The van der Waals surface area contributed by atoms with Gasteiger partial charge in [-0.25, -0.2) is 0 Å². The van der Waals surface area contributed by atoms with Gasteiger partial charge in [-0.2, -0.15) is 0 Å². The molecule has 0 aromatic carbocycles.